The Labute approximate surface area is 177 Å². The van der Waals surface area contributed by atoms with E-state index in [1.807, 2.05) is 0 Å². The van der Waals surface area contributed by atoms with E-state index in [0.717, 1.165) is 12.1 Å². The minimum absolute atomic E-state index is 0.0216. The zero-order chi connectivity index (χ0) is 22.8. The molecule has 0 saturated carbocycles. The fourth-order valence-electron chi connectivity index (χ4n) is 2.66. The maximum atomic E-state index is 13.0. The van der Waals surface area contributed by atoms with Gasteiger partial charge in [0.1, 0.15) is 18.1 Å². The summed E-state index contributed by atoms with van der Waals surface area (Å²) in [6, 6.07) is 7.73. The summed E-state index contributed by atoms with van der Waals surface area (Å²) in [4.78, 5) is 37.6. The molecule has 11 heteroatoms. The van der Waals surface area contributed by atoms with E-state index in [-0.39, 0.29) is 16.3 Å². The maximum absolute atomic E-state index is 13.0. The number of methoxy groups -OCH3 is 1. The molecule has 0 spiro atoms. The summed E-state index contributed by atoms with van der Waals surface area (Å²) < 4.78 is 56.7. The van der Waals surface area contributed by atoms with Crippen molar-refractivity contribution in [2.45, 2.75) is 6.18 Å². The monoisotopic (exact) mass is 454 g/mol. The van der Waals surface area contributed by atoms with Gasteiger partial charge in [0.25, 0.3) is 11.1 Å². The molecular formula is C20H14F4N2O4S. The van der Waals surface area contributed by atoms with Gasteiger partial charge in [-0.2, -0.15) is 13.2 Å². The van der Waals surface area contributed by atoms with Gasteiger partial charge in [-0.25, -0.2) is 4.39 Å². The summed E-state index contributed by atoms with van der Waals surface area (Å²) in [5.74, 6) is -2.12. The highest BCUT2D eigenvalue weighted by Crippen LogP contribution is 2.35. The Morgan fingerprint density at radius 3 is 2.45 bits per heavy atom. The third-order valence-electron chi connectivity index (χ3n) is 4.14. The van der Waals surface area contributed by atoms with E-state index < -0.39 is 41.2 Å². The van der Waals surface area contributed by atoms with Gasteiger partial charge in [0.2, 0.25) is 5.91 Å². The first kappa shape index (κ1) is 22.3. The number of thioether (sulfide) groups is 1. The average molecular weight is 454 g/mol. The van der Waals surface area contributed by atoms with E-state index in [9.17, 15) is 31.9 Å². The van der Waals surface area contributed by atoms with Gasteiger partial charge in [-0.3, -0.25) is 19.3 Å². The van der Waals surface area contributed by atoms with Crippen LogP contribution in [0.25, 0.3) is 6.08 Å². The minimum Gasteiger partial charge on any atom is -0.495 e. The second-order valence-electron chi connectivity index (χ2n) is 6.28. The molecule has 1 saturated heterocycles. The van der Waals surface area contributed by atoms with Crippen molar-refractivity contribution in [3.8, 4) is 5.75 Å². The second-order valence-corrected chi connectivity index (χ2v) is 7.27. The second kappa shape index (κ2) is 8.80. The molecule has 0 atom stereocenters. The highest BCUT2D eigenvalue weighted by molar-refractivity contribution is 8.18. The molecule has 0 radical (unpaired) electrons. The van der Waals surface area contributed by atoms with Crippen LogP contribution in [-0.4, -0.2) is 35.6 Å². The van der Waals surface area contributed by atoms with Crippen molar-refractivity contribution < 1.29 is 36.7 Å². The van der Waals surface area contributed by atoms with Crippen LogP contribution in [0.15, 0.2) is 47.4 Å². The number of nitrogens with one attached hydrogen (secondary N) is 1. The zero-order valence-electron chi connectivity index (χ0n) is 15.8. The first-order valence-corrected chi connectivity index (χ1v) is 9.46. The summed E-state index contributed by atoms with van der Waals surface area (Å²) in [7, 11) is 1.22. The molecule has 1 fully saturated rings. The van der Waals surface area contributed by atoms with E-state index >= 15 is 0 Å². The quantitative estimate of drug-likeness (QED) is 0.531. The molecule has 1 aliphatic heterocycles. The molecule has 2 aromatic carbocycles. The molecule has 1 N–H and O–H groups in total. The van der Waals surface area contributed by atoms with Crippen LogP contribution in [0, 0.1) is 5.82 Å². The Hall–Kier alpha value is -3.34. The van der Waals surface area contributed by atoms with Gasteiger partial charge in [0, 0.05) is 0 Å². The Morgan fingerprint density at radius 1 is 1.16 bits per heavy atom. The number of ether oxygens (including phenoxy) is 1. The molecular weight excluding hydrogens is 440 g/mol. The third-order valence-corrected chi connectivity index (χ3v) is 5.05. The first-order chi connectivity index (χ1) is 14.6. The van der Waals surface area contributed by atoms with E-state index in [2.05, 4.69) is 5.32 Å². The highest BCUT2D eigenvalue weighted by Gasteiger charge is 2.36. The van der Waals surface area contributed by atoms with Crippen molar-refractivity contribution in [1.29, 1.82) is 0 Å². The standard InChI is InChI=1S/C20H14F4N2O4S/c1-30-15-7-4-12(20(22,23)24)9-14(15)25-17(27)10-26-18(28)16(31-19(26)29)8-11-2-5-13(21)6-3-11/h2-9H,10H2,1H3,(H,25,27)/b16-8-. The number of halogens is 4. The van der Waals surface area contributed by atoms with Crippen LogP contribution < -0.4 is 10.1 Å². The predicted octanol–water partition coefficient (Wildman–Crippen LogP) is 4.53. The van der Waals surface area contributed by atoms with Crippen molar-refractivity contribution in [1.82, 2.24) is 4.90 Å². The number of nitrogens with zero attached hydrogens (tertiary/aromatic N) is 1. The van der Waals surface area contributed by atoms with Gasteiger partial charge in [-0.1, -0.05) is 12.1 Å². The average Bonchev–Trinajstić information content (AvgIpc) is 2.96. The lowest BCUT2D eigenvalue weighted by atomic mass is 10.1. The fourth-order valence-corrected chi connectivity index (χ4v) is 3.50. The molecule has 2 aromatic rings. The molecule has 6 nitrogen and oxygen atoms in total. The molecule has 1 aliphatic rings. The minimum atomic E-state index is -4.64. The lowest BCUT2D eigenvalue weighted by molar-refractivity contribution is -0.137. The number of hydrogen-bond acceptors (Lipinski definition) is 5. The van der Waals surface area contributed by atoms with Gasteiger partial charge < -0.3 is 10.1 Å². The SMILES string of the molecule is COc1ccc(C(F)(F)F)cc1NC(=O)CN1C(=O)S/C(=C\c2ccc(F)cc2)C1=O. The van der Waals surface area contributed by atoms with Gasteiger partial charge in [-0.15, -0.1) is 0 Å². The predicted molar refractivity (Wildman–Crippen MR) is 106 cm³/mol. The van der Waals surface area contributed by atoms with Gasteiger partial charge >= 0.3 is 6.18 Å². The van der Waals surface area contributed by atoms with E-state index in [0.29, 0.717) is 28.3 Å². The van der Waals surface area contributed by atoms with Gasteiger partial charge in [0.15, 0.2) is 0 Å². The first-order valence-electron chi connectivity index (χ1n) is 8.64. The van der Waals surface area contributed by atoms with Crippen molar-refractivity contribution >= 4 is 40.6 Å². The van der Waals surface area contributed by atoms with Crippen LogP contribution in [-0.2, 0) is 15.8 Å². The van der Waals surface area contributed by atoms with Crippen LogP contribution in [0.5, 0.6) is 5.75 Å². The van der Waals surface area contributed by atoms with Crippen molar-refractivity contribution in [3.63, 3.8) is 0 Å². The van der Waals surface area contributed by atoms with Crippen LogP contribution in [0.4, 0.5) is 28.0 Å². The molecule has 31 heavy (non-hydrogen) atoms. The van der Waals surface area contributed by atoms with Crippen molar-refractivity contribution in [3.05, 3.63) is 64.3 Å². The Bertz CT molecular complexity index is 1070. The van der Waals surface area contributed by atoms with E-state index in [4.69, 9.17) is 4.74 Å². The number of carbonyl (C=O) groups is 3. The van der Waals surface area contributed by atoms with Gasteiger partial charge in [0.05, 0.1) is 23.3 Å². The van der Waals surface area contributed by atoms with Gasteiger partial charge in [-0.05, 0) is 53.7 Å². The molecule has 0 aliphatic carbocycles. The molecule has 3 amide bonds. The molecule has 0 unspecified atom stereocenters. The zero-order valence-corrected chi connectivity index (χ0v) is 16.6. The topological polar surface area (TPSA) is 75.7 Å². The number of alkyl halides is 3. The maximum Gasteiger partial charge on any atom is 0.416 e. The lowest BCUT2D eigenvalue weighted by Gasteiger charge is -2.16. The summed E-state index contributed by atoms with van der Waals surface area (Å²) in [6.45, 7) is -0.704. The van der Waals surface area contributed by atoms with Crippen molar-refractivity contribution in [2.75, 3.05) is 19.0 Å². The van der Waals surface area contributed by atoms with Crippen LogP contribution in [0.1, 0.15) is 11.1 Å². The summed E-state index contributed by atoms with van der Waals surface area (Å²) in [5, 5.41) is 1.51. The molecule has 3 rings (SSSR count). The Kier molecular flexibility index (Phi) is 6.34. The largest absolute Gasteiger partial charge is 0.495 e. The number of rotatable bonds is 5. The smallest absolute Gasteiger partial charge is 0.416 e. The number of hydrogen-bond donors (Lipinski definition) is 1. The fraction of sp³-hybridized carbons (Fsp3) is 0.150. The molecule has 0 bridgehead atoms. The molecule has 0 aromatic heterocycles. The number of benzene rings is 2. The highest BCUT2D eigenvalue weighted by atomic mass is 32.2. The normalized spacial score (nSPS) is 15.5. The Balaban J connectivity index is 1.74. The van der Waals surface area contributed by atoms with Crippen molar-refractivity contribution in [2.24, 2.45) is 0 Å². The summed E-state index contributed by atoms with van der Waals surface area (Å²) >= 11 is 0.594. The third kappa shape index (κ3) is 5.23. The van der Waals surface area contributed by atoms with E-state index in [1.165, 1.54) is 37.5 Å². The van der Waals surface area contributed by atoms with Crippen LogP contribution >= 0.6 is 11.8 Å². The number of imide groups is 1. The molecule has 1 heterocycles. The lowest BCUT2D eigenvalue weighted by Crippen LogP contribution is -2.36. The summed E-state index contributed by atoms with van der Waals surface area (Å²) in [6.07, 6.45) is -3.26. The Morgan fingerprint density at radius 2 is 1.84 bits per heavy atom. The van der Waals surface area contributed by atoms with E-state index in [1.54, 1.807) is 0 Å². The number of anilines is 1. The summed E-state index contributed by atoms with van der Waals surface area (Å²) in [5.41, 5.74) is -0.779. The van der Waals surface area contributed by atoms with Crippen LogP contribution in [0.3, 0.4) is 0 Å². The van der Waals surface area contributed by atoms with Crippen LogP contribution in [0.2, 0.25) is 0 Å². The number of carbonyl (C=O) groups excluding carboxylic acids is 3. The number of amides is 3. The molecule has 162 valence electrons.